The number of rotatable bonds is 2. The van der Waals surface area contributed by atoms with Gasteiger partial charge in [-0.1, -0.05) is 41.9 Å². The fraction of sp³-hybridized carbons (Fsp3) is 0.261. The van der Waals surface area contributed by atoms with Crippen molar-refractivity contribution in [2.45, 2.75) is 31.8 Å². The molecule has 1 saturated heterocycles. The van der Waals surface area contributed by atoms with Gasteiger partial charge >= 0.3 is 0 Å². The lowest BCUT2D eigenvalue weighted by atomic mass is 9.82. The van der Waals surface area contributed by atoms with Gasteiger partial charge in [-0.05, 0) is 43.2 Å². The first-order chi connectivity index (χ1) is 14.4. The van der Waals surface area contributed by atoms with Crippen molar-refractivity contribution in [2.24, 2.45) is 5.10 Å². The minimum atomic E-state index is -0.618. The quantitative estimate of drug-likeness (QED) is 0.642. The van der Waals surface area contributed by atoms with Crippen LogP contribution in [0.3, 0.4) is 0 Å². The number of piperazine rings is 1. The Kier molecular flexibility index (Phi) is 4.22. The molecule has 0 aliphatic carbocycles. The molecule has 1 fully saturated rings. The van der Waals surface area contributed by atoms with Crippen LogP contribution in [0.25, 0.3) is 10.9 Å². The molecule has 30 heavy (non-hydrogen) atoms. The molecule has 6 nitrogen and oxygen atoms in total. The summed E-state index contributed by atoms with van der Waals surface area (Å²) >= 11 is 6.02. The van der Waals surface area contributed by atoms with Crippen LogP contribution in [0.4, 0.5) is 0 Å². The molecule has 5 rings (SSSR count). The van der Waals surface area contributed by atoms with Gasteiger partial charge in [0.15, 0.2) is 0 Å². The smallest absolute Gasteiger partial charge is 0.266 e. The largest absolute Gasteiger partial charge is 0.356 e. The number of hydrazone groups is 1. The molecule has 0 radical (unpaired) electrons. The summed E-state index contributed by atoms with van der Waals surface area (Å²) in [6.45, 7) is 3.90. The van der Waals surface area contributed by atoms with E-state index >= 15 is 0 Å². The Morgan fingerprint density at radius 2 is 1.97 bits per heavy atom. The van der Waals surface area contributed by atoms with Crippen LogP contribution in [-0.2, 0) is 21.5 Å². The zero-order valence-corrected chi connectivity index (χ0v) is 17.5. The number of carbonyl (C=O) groups is 2. The molecule has 2 aliphatic heterocycles. The van der Waals surface area contributed by atoms with Gasteiger partial charge in [-0.3, -0.25) is 9.59 Å². The van der Waals surface area contributed by atoms with Gasteiger partial charge in [0.05, 0.1) is 11.8 Å². The van der Waals surface area contributed by atoms with E-state index in [-0.39, 0.29) is 18.4 Å². The minimum Gasteiger partial charge on any atom is -0.356 e. The van der Waals surface area contributed by atoms with E-state index in [1.54, 1.807) is 23.2 Å². The van der Waals surface area contributed by atoms with Gasteiger partial charge < -0.3 is 9.88 Å². The molecule has 1 atom stereocenters. The van der Waals surface area contributed by atoms with E-state index in [0.29, 0.717) is 11.4 Å². The molecule has 0 spiro atoms. The van der Waals surface area contributed by atoms with E-state index in [9.17, 15) is 9.59 Å². The van der Waals surface area contributed by atoms with Gasteiger partial charge in [-0.15, -0.1) is 0 Å². The lowest BCUT2D eigenvalue weighted by Crippen LogP contribution is -2.66. The summed E-state index contributed by atoms with van der Waals surface area (Å²) in [5.41, 5.74) is 3.27. The zero-order chi connectivity index (χ0) is 21.0. The Hall–Kier alpha value is -3.12. The van der Waals surface area contributed by atoms with E-state index in [1.807, 2.05) is 44.2 Å². The van der Waals surface area contributed by atoms with Crippen molar-refractivity contribution >= 4 is 40.5 Å². The highest BCUT2D eigenvalue weighted by Gasteiger charge is 2.51. The van der Waals surface area contributed by atoms with Crippen molar-refractivity contribution in [3.8, 4) is 0 Å². The summed E-state index contributed by atoms with van der Waals surface area (Å²) in [5.74, 6) is -0.283. The second-order valence-corrected chi connectivity index (χ2v) is 8.70. The molecule has 0 saturated carbocycles. The topological polar surface area (TPSA) is 68.8 Å². The number of benzene rings is 2. The standard InChI is InChI=1S/C23H21ClN4O2/c1-23(2)21-17(16-8-3-4-9-18(16)26-21)11-19-22(30)27(13-20(29)28(19)23)25-12-14-6-5-7-15(24)10-14/h3-10,12,19,26H,11,13H2,1-2H3/b25-12+. The first-order valence-corrected chi connectivity index (χ1v) is 10.3. The molecule has 2 amide bonds. The summed E-state index contributed by atoms with van der Waals surface area (Å²) in [6.07, 6.45) is 2.04. The highest BCUT2D eigenvalue weighted by atomic mass is 35.5. The lowest BCUT2D eigenvalue weighted by molar-refractivity contribution is -0.163. The number of hydrogen-bond donors (Lipinski definition) is 1. The van der Waals surface area contributed by atoms with Crippen molar-refractivity contribution in [3.63, 3.8) is 0 Å². The first-order valence-electron chi connectivity index (χ1n) is 9.89. The number of amides is 2. The highest BCUT2D eigenvalue weighted by Crippen LogP contribution is 2.42. The number of hydrogen-bond acceptors (Lipinski definition) is 3. The molecule has 0 bridgehead atoms. The van der Waals surface area contributed by atoms with E-state index in [4.69, 9.17) is 11.6 Å². The van der Waals surface area contributed by atoms with Gasteiger partial charge in [0.1, 0.15) is 12.6 Å². The van der Waals surface area contributed by atoms with Gasteiger partial charge in [0, 0.05) is 28.0 Å². The van der Waals surface area contributed by atoms with E-state index < -0.39 is 11.6 Å². The van der Waals surface area contributed by atoms with Crippen LogP contribution in [0.5, 0.6) is 0 Å². The third kappa shape index (κ3) is 2.82. The van der Waals surface area contributed by atoms with Crippen molar-refractivity contribution < 1.29 is 9.59 Å². The molecule has 2 aliphatic rings. The van der Waals surface area contributed by atoms with E-state index in [2.05, 4.69) is 16.2 Å². The van der Waals surface area contributed by atoms with Gasteiger partial charge in [-0.25, -0.2) is 5.01 Å². The van der Waals surface area contributed by atoms with Gasteiger partial charge in [0.25, 0.3) is 5.91 Å². The molecular weight excluding hydrogens is 400 g/mol. The predicted octanol–water partition coefficient (Wildman–Crippen LogP) is 3.69. The number of halogens is 1. The van der Waals surface area contributed by atoms with Crippen LogP contribution in [0, 0.1) is 0 Å². The fourth-order valence-electron chi connectivity index (χ4n) is 4.69. The molecule has 152 valence electrons. The maximum atomic E-state index is 13.3. The third-order valence-corrected chi connectivity index (χ3v) is 6.26. The molecule has 1 unspecified atom stereocenters. The maximum Gasteiger partial charge on any atom is 0.266 e. The average Bonchev–Trinajstić information content (AvgIpc) is 3.09. The number of carbonyl (C=O) groups excluding carboxylic acids is 2. The van der Waals surface area contributed by atoms with Crippen molar-refractivity contribution in [1.29, 1.82) is 0 Å². The van der Waals surface area contributed by atoms with Crippen LogP contribution in [0.2, 0.25) is 5.02 Å². The number of H-pyrrole nitrogens is 1. The van der Waals surface area contributed by atoms with Crippen LogP contribution in [-0.4, -0.2) is 45.5 Å². The summed E-state index contributed by atoms with van der Waals surface area (Å²) in [5, 5.41) is 7.28. The van der Waals surface area contributed by atoms with Crippen LogP contribution >= 0.6 is 11.6 Å². The molecule has 3 heterocycles. The number of aromatic nitrogens is 1. The zero-order valence-electron chi connectivity index (χ0n) is 16.7. The molecule has 7 heteroatoms. The van der Waals surface area contributed by atoms with Gasteiger partial charge in [-0.2, -0.15) is 5.10 Å². The lowest BCUT2D eigenvalue weighted by Gasteiger charge is -2.50. The van der Waals surface area contributed by atoms with Crippen LogP contribution < -0.4 is 0 Å². The highest BCUT2D eigenvalue weighted by molar-refractivity contribution is 6.30. The number of aromatic amines is 1. The Labute approximate surface area is 179 Å². The number of para-hydroxylation sites is 1. The summed E-state index contributed by atoms with van der Waals surface area (Å²) < 4.78 is 0. The predicted molar refractivity (Wildman–Crippen MR) is 116 cm³/mol. The third-order valence-electron chi connectivity index (χ3n) is 6.02. The Morgan fingerprint density at radius 3 is 2.77 bits per heavy atom. The minimum absolute atomic E-state index is 0.0780. The molecule has 1 N–H and O–H groups in total. The van der Waals surface area contributed by atoms with Crippen LogP contribution in [0.15, 0.2) is 53.6 Å². The summed E-state index contributed by atoms with van der Waals surface area (Å²) in [7, 11) is 0. The Bertz CT molecular complexity index is 1210. The molecule has 1 aromatic heterocycles. The second kappa shape index (κ2) is 6.71. The summed E-state index contributed by atoms with van der Waals surface area (Å²) in [4.78, 5) is 31.6. The average molecular weight is 421 g/mol. The Morgan fingerprint density at radius 1 is 1.17 bits per heavy atom. The number of nitrogens with zero attached hydrogens (tertiary/aromatic N) is 3. The number of nitrogens with one attached hydrogen (secondary N) is 1. The normalized spacial score (nSPS) is 20.7. The van der Waals surface area contributed by atoms with Gasteiger partial charge in [0.2, 0.25) is 5.91 Å². The second-order valence-electron chi connectivity index (χ2n) is 8.26. The Balaban J connectivity index is 1.52. The molecular formula is C23H21ClN4O2. The van der Waals surface area contributed by atoms with E-state index in [0.717, 1.165) is 27.7 Å². The summed E-state index contributed by atoms with van der Waals surface area (Å²) in [6, 6.07) is 14.7. The van der Waals surface area contributed by atoms with Crippen LogP contribution in [0.1, 0.15) is 30.7 Å². The monoisotopic (exact) mass is 420 g/mol. The van der Waals surface area contributed by atoms with Crippen molar-refractivity contribution in [3.05, 3.63) is 70.4 Å². The molecule has 2 aromatic carbocycles. The first kappa shape index (κ1) is 18.9. The maximum absolute atomic E-state index is 13.3. The number of fused-ring (bicyclic) bond motifs is 4. The SMILES string of the molecule is CC1(C)c2[nH]c3ccccc3c2CC2C(=O)N(/N=C/c3cccc(Cl)c3)CC(=O)N21. The fourth-order valence-corrected chi connectivity index (χ4v) is 4.89. The van der Waals surface area contributed by atoms with Crippen molar-refractivity contribution in [2.75, 3.05) is 6.54 Å². The molecule has 3 aromatic rings. The van der Waals surface area contributed by atoms with E-state index in [1.165, 1.54) is 5.01 Å². The van der Waals surface area contributed by atoms with Crippen molar-refractivity contribution in [1.82, 2.24) is 14.9 Å².